The van der Waals surface area contributed by atoms with Gasteiger partial charge in [-0.1, -0.05) is 19.8 Å². The van der Waals surface area contributed by atoms with E-state index in [1.165, 1.54) is 26.7 Å². The molecule has 3 aromatic heterocycles. The van der Waals surface area contributed by atoms with Crippen LogP contribution in [0.25, 0.3) is 10.2 Å². The molecule has 1 aliphatic heterocycles. The summed E-state index contributed by atoms with van der Waals surface area (Å²) in [6, 6.07) is 3.51. The van der Waals surface area contributed by atoms with Crippen molar-refractivity contribution in [3.63, 3.8) is 0 Å². The van der Waals surface area contributed by atoms with Gasteiger partial charge in [0.2, 0.25) is 0 Å². The predicted octanol–water partition coefficient (Wildman–Crippen LogP) is 3.57. The Hall–Kier alpha value is -2.65. The number of esters is 1. The molecule has 4 heterocycles. The second-order valence-corrected chi connectivity index (χ2v) is 9.80. The highest BCUT2D eigenvalue weighted by Crippen LogP contribution is 2.37. The van der Waals surface area contributed by atoms with Crippen LogP contribution in [0.15, 0.2) is 27.6 Å². The zero-order chi connectivity index (χ0) is 22.9. The van der Waals surface area contributed by atoms with Crippen LogP contribution in [0, 0.1) is 5.41 Å². The second-order valence-electron chi connectivity index (χ2n) is 8.72. The molecule has 8 nitrogen and oxygen atoms in total. The molecule has 172 valence electrons. The van der Waals surface area contributed by atoms with Gasteiger partial charge in [0.05, 0.1) is 37.0 Å². The molecule has 1 N–H and O–H groups in total. The van der Waals surface area contributed by atoms with Gasteiger partial charge < -0.3 is 13.9 Å². The fourth-order valence-corrected chi connectivity index (χ4v) is 5.22. The first-order chi connectivity index (χ1) is 15.3. The van der Waals surface area contributed by atoms with E-state index in [4.69, 9.17) is 19.3 Å². The van der Waals surface area contributed by atoms with Gasteiger partial charge in [-0.2, -0.15) is 0 Å². The molecule has 0 bridgehead atoms. The molecule has 0 spiro atoms. The first-order valence-corrected chi connectivity index (χ1v) is 11.8. The molecule has 0 atom stereocenters. The Bertz CT molecular complexity index is 1230. The van der Waals surface area contributed by atoms with Crippen LogP contribution in [0.4, 0.5) is 0 Å². The molecule has 9 heteroatoms. The van der Waals surface area contributed by atoms with Crippen molar-refractivity contribution in [3.05, 3.63) is 50.6 Å². The molecule has 0 amide bonds. The minimum absolute atomic E-state index is 0.122. The van der Waals surface area contributed by atoms with Gasteiger partial charge in [0.25, 0.3) is 0 Å². The van der Waals surface area contributed by atoms with Crippen molar-refractivity contribution in [2.24, 2.45) is 0 Å². The first-order valence-electron chi connectivity index (χ1n) is 10.9. The fourth-order valence-electron chi connectivity index (χ4n) is 3.99. The topological polar surface area (TPSA) is 99.5 Å². The molecule has 0 radical (unpaired) electrons. The number of hydrogen-bond donors (Lipinski definition) is 1. The quantitative estimate of drug-likeness (QED) is 0.410. The lowest BCUT2D eigenvalue weighted by Gasteiger charge is -2.30. The summed E-state index contributed by atoms with van der Waals surface area (Å²) in [5, 5.41) is 9.56. The number of hydrogen-bond acceptors (Lipinski definition) is 7. The Kier molecular flexibility index (Phi) is 6.39. The van der Waals surface area contributed by atoms with Crippen LogP contribution in [0.3, 0.4) is 0 Å². The minimum Gasteiger partial charge on any atom is -0.467 e. The average molecular weight is 460 g/mol. The summed E-state index contributed by atoms with van der Waals surface area (Å²) in [6.07, 6.45) is 5.00. The monoisotopic (exact) mass is 459 g/mol. The summed E-state index contributed by atoms with van der Waals surface area (Å²) >= 11 is 1.42. The van der Waals surface area contributed by atoms with E-state index in [0.29, 0.717) is 35.6 Å². The average Bonchev–Trinajstić information content (AvgIpc) is 3.38. The van der Waals surface area contributed by atoms with Crippen molar-refractivity contribution in [1.29, 1.82) is 5.41 Å². The van der Waals surface area contributed by atoms with Gasteiger partial charge in [-0.25, -0.2) is 4.79 Å². The number of unbranched alkanes of at least 4 members (excludes halogenated alkanes) is 2. The number of nitrogens with zero attached hydrogens (tertiary/aromatic N) is 2. The van der Waals surface area contributed by atoms with Crippen LogP contribution in [0.2, 0.25) is 0 Å². The van der Waals surface area contributed by atoms with E-state index in [2.05, 4.69) is 6.92 Å². The smallest absolute Gasteiger partial charge is 0.331 e. The second kappa shape index (κ2) is 9.07. The summed E-state index contributed by atoms with van der Waals surface area (Å²) in [6.45, 7) is 6.82. The Morgan fingerprint density at radius 2 is 2.12 bits per heavy atom. The number of carbonyl (C=O) groups is 1. The van der Waals surface area contributed by atoms with Crippen molar-refractivity contribution < 1.29 is 18.7 Å². The number of fused-ring (bicyclic) bond motifs is 3. The van der Waals surface area contributed by atoms with Crippen LogP contribution in [-0.4, -0.2) is 27.3 Å². The first kappa shape index (κ1) is 22.5. The van der Waals surface area contributed by atoms with E-state index in [0.717, 1.165) is 29.7 Å². The minimum atomic E-state index is -0.449. The lowest BCUT2D eigenvalue weighted by Crippen LogP contribution is -2.41. The molecule has 0 saturated heterocycles. The van der Waals surface area contributed by atoms with Gasteiger partial charge in [-0.3, -0.25) is 19.3 Å². The number of ether oxygens (including phenoxy) is 2. The zero-order valence-electron chi connectivity index (χ0n) is 18.7. The standard InChI is InChI=1S/C23H29N3O5S/c1-4-5-6-9-30-18(27)13-26-21-19(16-11-23(2,3)31-14-17(16)32-21)20(24)25(22(26)28)12-15-8-7-10-29-15/h7-8,10,24H,4-6,9,11-14H2,1-3H3. The van der Waals surface area contributed by atoms with Gasteiger partial charge in [0.1, 0.15) is 22.6 Å². The SMILES string of the molecule is CCCCCOC(=O)Cn1c(=O)n(Cc2ccco2)c(=N)c2c3c(sc21)COC(C)(C)C3. The molecule has 0 aromatic carbocycles. The van der Waals surface area contributed by atoms with Crippen molar-refractivity contribution >= 4 is 27.5 Å². The van der Waals surface area contributed by atoms with Crippen molar-refractivity contribution in [2.75, 3.05) is 6.61 Å². The lowest BCUT2D eigenvalue weighted by molar-refractivity contribution is -0.144. The van der Waals surface area contributed by atoms with Crippen molar-refractivity contribution in [1.82, 2.24) is 9.13 Å². The normalized spacial score (nSPS) is 15.1. The lowest BCUT2D eigenvalue weighted by atomic mass is 9.94. The Labute approximate surface area is 189 Å². The number of furan rings is 1. The van der Waals surface area contributed by atoms with E-state index < -0.39 is 11.7 Å². The van der Waals surface area contributed by atoms with Crippen molar-refractivity contribution in [3.8, 4) is 0 Å². The molecule has 0 saturated carbocycles. The molecule has 0 unspecified atom stereocenters. The van der Waals surface area contributed by atoms with E-state index >= 15 is 0 Å². The maximum Gasteiger partial charge on any atom is 0.331 e. The summed E-state index contributed by atoms with van der Waals surface area (Å²) in [5.41, 5.74) is 0.357. The van der Waals surface area contributed by atoms with Crippen LogP contribution >= 0.6 is 11.3 Å². The van der Waals surface area contributed by atoms with E-state index in [9.17, 15) is 9.59 Å². The maximum atomic E-state index is 13.4. The van der Waals surface area contributed by atoms with Crippen LogP contribution in [-0.2, 0) is 40.4 Å². The molecule has 3 aromatic rings. The Morgan fingerprint density at radius 1 is 1.31 bits per heavy atom. The highest BCUT2D eigenvalue weighted by molar-refractivity contribution is 7.18. The third-order valence-corrected chi connectivity index (χ3v) is 6.90. The summed E-state index contributed by atoms with van der Waals surface area (Å²) < 4.78 is 19.5. The highest BCUT2D eigenvalue weighted by atomic mass is 32.1. The largest absolute Gasteiger partial charge is 0.467 e. The summed E-state index contributed by atoms with van der Waals surface area (Å²) in [5.74, 6) is 0.121. The van der Waals surface area contributed by atoms with Crippen LogP contribution in [0.5, 0.6) is 0 Å². The van der Waals surface area contributed by atoms with Crippen molar-refractivity contribution in [2.45, 2.75) is 71.8 Å². The molecule has 4 rings (SSSR count). The number of nitrogens with one attached hydrogen (secondary N) is 1. The fraction of sp³-hybridized carbons (Fsp3) is 0.522. The summed E-state index contributed by atoms with van der Waals surface area (Å²) in [7, 11) is 0. The summed E-state index contributed by atoms with van der Waals surface area (Å²) in [4.78, 5) is 27.6. The van der Waals surface area contributed by atoms with Gasteiger partial charge >= 0.3 is 11.7 Å². The molecular formula is C23H29N3O5S. The van der Waals surface area contributed by atoms with Gasteiger partial charge in [0.15, 0.2) is 0 Å². The number of rotatable bonds is 8. The van der Waals surface area contributed by atoms with E-state index in [-0.39, 0.29) is 24.2 Å². The van der Waals surface area contributed by atoms with E-state index in [1.807, 2.05) is 13.8 Å². The molecular weight excluding hydrogens is 430 g/mol. The molecule has 32 heavy (non-hydrogen) atoms. The zero-order valence-corrected chi connectivity index (χ0v) is 19.5. The third-order valence-electron chi connectivity index (χ3n) is 5.67. The van der Waals surface area contributed by atoms with E-state index in [1.54, 1.807) is 12.1 Å². The van der Waals surface area contributed by atoms with Gasteiger partial charge in [-0.05, 0) is 38.0 Å². The molecule has 0 fully saturated rings. The third kappa shape index (κ3) is 4.45. The Balaban J connectivity index is 1.80. The van der Waals surface area contributed by atoms with Crippen LogP contribution in [0.1, 0.15) is 56.2 Å². The predicted molar refractivity (Wildman–Crippen MR) is 121 cm³/mol. The molecule has 1 aliphatic rings. The van der Waals surface area contributed by atoms with Gasteiger partial charge in [-0.15, -0.1) is 11.3 Å². The maximum absolute atomic E-state index is 13.4. The van der Waals surface area contributed by atoms with Crippen LogP contribution < -0.4 is 11.2 Å². The number of carbonyl (C=O) groups excluding carboxylic acids is 1. The Morgan fingerprint density at radius 3 is 2.84 bits per heavy atom. The van der Waals surface area contributed by atoms with Gasteiger partial charge in [0, 0.05) is 11.3 Å². The molecule has 0 aliphatic carbocycles. The number of thiophene rings is 1. The highest BCUT2D eigenvalue weighted by Gasteiger charge is 2.31. The number of aromatic nitrogens is 2.